The van der Waals surface area contributed by atoms with E-state index >= 15 is 0 Å². The molecule has 70 valence electrons. The lowest BCUT2D eigenvalue weighted by molar-refractivity contribution is -0.142. The predicted molar refractivity (Wildman–Crippen MR) is 46.9 cm³/mol. The summed E-state index contributed by atoms with van der Waals surface area (Å²) in [5.41, 5.74) is 0. The Bertz CT molecular complexity index is 161. The normalized spacial score (nSPS) is 11.3. The van der Waals surface area contributed by atoms with Crippen molar-refractivity contribution in [2.24, 2.45) is 0 Å². The Morgan fingerprint density at radius 1 is 1.42 bits per heavy atom. The largest absolute Gasteiger partial charge is 0.502 e. The van der Waals surface area contributed by atoms with E-state index in [0.29, 0.717) is 13.0 Å². The first-order valence-electron chi connectivity index (χ1n) is 4.28. The Labute approximate surface area is 73.0 Å². The van der Waals surface area contributed by atoms with Gasteiger partial charge >= 0.3 is 5.97 Å². The van der Waals surface area contributed by atoms with Gasteiger partial charge in [0.1, 0.15) is 0 Å². The van der Waals surface area contributed by atoms with Gasteiger partial charge in [-0.05, 0) is 18.9 Å². The quantitative estimate of drug-likeness (QED) is 0.393. The van der Waals surface area contributed by atoms with Crippen LogP contribution in [0.3, 0.4) is 0 Å². The van der Waals surface area contributed by atoms with Crippen molar-refractivity contribution in [2.45, 2.75) is 33.1 Å². The van der Waals surface area contributed by atoms with Gasteiger partial charge in [-0.15, -0.1) is 0 Å². The first-order chi connectivity index (χ1) is 5.72. The number of hydrogen-bond acceptors (Lipinski definition) is 3. The van der Waals surface area contributed by atoms with E-state index in [9.17, 15) is 4.79 Å². The molecule has 0 aliphatic carbocycles. The van der Waals surface area contributed by atoms with Crippen LogP contribution in [0.5, 0.6) is 0 Å². The highest BCUT2D eigenvalue weighted by molar-refractivity contribution is 5.85. The Morgan fingerprint density at radius 2 is 2.08 bits per heavy atom. The molecule has 12 heavy (non-hydrogen) atoms. The van der Waals surface area contributed by atoms with E-state index in [0.717, 1.165) is 12.8 Å². The monoisotopic (exact) mass is 172 g/mol. The lowest BCUT2D eigenvalue weighted by atomic mass is 10.3. The molecule has 0 aliphatic rings. The maximum Gasteiger partial charge on any atom is 0.373 e. The highest BCUT2D eigenvalue weighted by atomic mass is 16.5. The van der Waals surface area contributed by atoms with Gasteiger partial charge in [0.05, 0.1) is 6.61 Å². The Balaban J connectivity index is 3.75. The van der Waals surface area contributed by atoms with Crippen LogP contribution in [0.15, 0.2) is 11.8 Å². The molecule has 0 saturated heterocycles. The molecule has 0 aliphatic heterocycles. The second-order valence-corrected chi connectivity index (χ2v) is 2.51. The third kappa shape index (κ3) is 4.77. The summed E-state index contributed by atoms with van der Waals surface area (Å²) in [5, 5.41) is 9.06. The summed E-state index contributed by atoms with van der Waals surface area (Å²) in [7, 11) is 0. The van der Waals surface area contributed by atoms with E-state index in [2.05, 4.69) is 0 Å². The minimum atomic E-state index is -0.620. The van der Waals surface area contributed by atoms with Crippen molar-refractivity contribution >= 4 is 5.97 Å². The van der Waals surface area contributed by atoms with Crippen molar-refractivity contribution in [1.82, 2.24) is 0 Å². The van der Waals surface area contributed by atoms with Crippen LogP contribution >= 0.6 is 0 Å². The summed E-state index contributed by atoms with van der Waals surface area (Å²) < 4.78 is 4.69. The summed E-state index contributed by atoms with van der Waals surface area (Å²) >= 11 is 0. The second kappa shape index (κ2) is 6.70. The van der Waals surface area contributed by atoms with Crippen LogP contribution < -0.4 is 0 Å². The van der Waals surface area contributed by atoms with Gasteiger partial charge in [-0.2, -0.15) is 0 Å². The number of aliphatic hydroxyl groups excluding tert-OH is 1. The molecule has 0 saturated carbocycles. The van der Waals surface area contributed by atoms with Gasteiger partial charge in [0.15, 0.2) is 5.76 Å². The number of carbonyl (C=O) groups excluding carboxylic acids is 1. The predicted octanol–water partition coefficient (Wildman–Crippen LogP) is 2.18. The third-order valence-electron chi connectivity index (χ3n) is 1.27. The molecule has 0 aromatic rings. The Hall–Kier alpha value is -0.990. The summed E-state index contributed by atoms with van der Waals surface area (Å²) in [6.07, 6.45) is 3.86. The van der Waals surface area contributed by atoms with E-state index < -0.39 is 5.97 Å². The first kappa shape index (κ1) is 11.0. The fourth-order valence-electron chi connectivity index (χ4n) is 0.633. The van der Waals surface area contributed by atoms with Crippen LogP contribution in [-0.4, -0.2) is 17.7 Å². The zero-order valence-electron chi connectivity index (χ0n) is 7.67. The smallest absolute Gasteiger partial charge is 0.373 e. The number of esters is 1. The van der Waals surface area contributed by atoms with E-state index in [4.69, 9.17) is 9.84 Å². The summed E-state index contributed by atoms with van der Waals surface area (Å²) in [6, 6.07) is 0. The van der Waals surface area contributed by atoms with E-state index in [1.165, 1.54) is 6.08 Å². The molecule has 1 N–H and O–H groups in total. The van der Waals surface area contributed by atoms with Gasteiger partial charge in [-0.25, -0.2) is 4.79 Å². The van der Waals surface area contributed by atoms with Crippen LogP contribution in [0.4, 0.5) is 0 Å². The van der Waals surface area contributed by atoms with Gasteiger partial charge in [0.2, 0.25) is 0 Å². The molecule has 0 fully saturated rings. The van der Waals surface area contributed by atoms with E-state index in [1.807, 2.05) is 13.8 Å². The molecule has 0 radical (unpaired) electrons. The Morgan fingerprint density at radius 3 is 2.58 bits per heavy atom. The molecule has 0 unspecified atom stereocenters. The van der Waals surface area contributed by atoms with Crippen molar-refractivity contribution in [1.29, 1.82) is 0 Å². The van der Waals surface area contributed by atoms with E-state index in [-0.39, 0.29) is 5.76 Å². The molecule has 0 amide bonds. The van der Waals surface area contributed by atoms with Gasteiger partial charge in [0.25, 0.3) is 0 Å². The van der Waals surface area contributed by atoms with E-state index in [1.54, 1.807) is 0 Å². The number of unbranched alkanes of at least 4 members (excludes halogenated alkanes) is 1. The third-order valence-corrected chi connectivity index (χ3v) is 1.27. The molecule has 0 spiro atoms. The zero-order chi connectivity index (χ0) is 9.40. The Kier molecular flexibility index (Phi) is 6.15. The van der Waals surface area contributed by atoms with Crippen LogP contribution in [0, 0.1) is 0 Å². The van der Waals surface area contributed by atoms with Gasteiger partial charge in [-0.3, -0.25) is 0 Å². The number of ether oxygens (including phenoxy) is 1. The minimum Gasteiger partial charge on any atom is -0.502 e. The van der Waals surface area contributed by atoms with Crippen LogP contribution in [-0.2, 0) is 9.53 Å². The van der Waals surface area contributed by atoms with Crippen molar-refractivity contribution in [2.75, 3.05) is 6.61 Å². The topological polar surface area (TPSA) is 46.5 Å². The molecule has 0 heterocycles. The summed E-state index contributed by atoms with van der Waals surface area (Å²) in [4.78, 5) is 10.9. The lowest BCUT2D eigenvalue weighted by Gasteiger charge is -2.00. The number of hydrogen-bond donors (Lipinski definition) is 1. The maximum absolute atomic E-state index is 10.9. The standard InChI is InChI=1S/C9H16O3/c1-3-5-6-8(10)9(11)12-7-4-2/h6,10H,3-5,7H2,1-2H3. The molecule has 0 aromatic carbocycles. The molecule has 0 aromatic heterocycles. The number of rotatable bonds is 5. The van der Waals surface area contributed by atoms with Crippen molar-refractivity contribution in [3.8, 4) is 0 Å². The first-order valence-corrected chi connectivity index (χ1v) is 4.28. The van der Waals surface area contributed by atoms with Gasteiger partial charge < -0.3 is 9.84 Å². The lowest BCUT2D eigenvalue weighted by Crippen LogP contribution is -2.07. The maximum atomic E-state index is 10.9. The fourth-order valence-corrected chi connectivity index (χ4v) is 0.633. The molecular formula is C9H16O3. The number of aliphatic hydroxyl groups is 1. The minimum absolute atomic E-state index is 0.273. The molecule has 3 nitrogen and oxygen atoms in total. The fraction of sp³-hybridized carbons (Fsp3) is 0.667. The van der Waals surface area contributed by atoms with Gasteiger partial charge in [-0.1, -0.05) is 20.3 Å². The second-order valence-electron chi connectivity index (χ2n) is 2.51. The van der Waals surface area contributed by atoms with Gasteiger partial charge in [0, 0.05) is 0 Å². The van der Waals surface area contributed by atoms with Crippen molar-refractivity contribution in [3.05, 3.63) is 11.8 Å². The number of allylic oxidation sites excluding steroid dienone is 1. The molecular weight excluding hydrogens is 156 g/mol. The zero-order valence-corrected chi connectivity index (χ0v) is 7.67. The number of carbonyl (C=O) groups is 1. The SMILES string of the molecule is CCCC=C(O)C(=O)OCCC. The summed E-state index contributed by atoms with van der Waals surface area (Å²) in [6.45, 7) is 4.24. The highest BCUT2D eigenvalue weighted by Gasteiger charge is 2.06. The molecule has 3 heteroatoms. The average molecular weight is 172 g/mol. The summed E-state index contributed by atoms with van der Waals surface area (Å²) in [5.74, 6) is -0.893. The van der Waals surface area contributed by atoms with Crippen LogP contribution in [0.1, 0.15) is 33.1 Å². The highest BCUT2D eigenvalue weighted by Crippen LogP contribution is 1.98. The van der Waals surface area contributed by atoms with Crippen LogP contribution in [0.2, 0.25) is 0 Å². The molecule has 0 bridgehead atoms. The van der Waals surface area contributed by atoms with Crippen molar-refractivity contribution in [3.63, 3.8) is 0 Å². The average Bonchev–Trinajstić information content (AvgIpc) is 2.10. The van der Waals surface area contributed by atoms with Crippen molar-refractivity contribution < 1.29 is 14.6 Å². The molecule has 0 atom stereocenters. The van der Waals surface area contributed by atoms with Crippen LogP contribution in [0.25, 0.3) is 0 Å². The molecule has 0 rings (SSSR count).